The second kappa shape index (κ2) is 5.04. The van der Waals surface area contributed by atoms with E-state index < -0.39 is 0 Å². The summed E-state index contributed by atoms with van der Waals surface area (Å²) in [5.74, 6) is 0.568. The van der Waals surface area contributed by atoms with Crippen molar-refractivity contribution in [1.29, 1.82) is 0 Å². The standard InChI is InChI=1S/C10H15N3O2/c1-2-15-10-4-3-8(12-13-10)9-7-14-6-5-11-9/h3-4,9,11H,2,5-7H2,1H3. The van der Waals surface area contributed by atoms with Gasteiger partial charge in [-0.25, -0.2) is 0 Å². The van der Waals surface area contributed by atoms with E-state index in [1.54, 1.807) is 0 Å². The molecule has 5 nitrogen and oxygen atoms in total. The minimum atomic E-state index is 0.155. The van der Waals surface area contributed by atoms with Crippen molar-refractivity contribution >= 4 is 0 Å². The van der Waals surface area contributed by atoms with Crippen LogP contribution in [-0.4, -0.2) is 36.6 Å². The van der Waals surface area contributed by atoms with Crippen LogP contribution in [0.25, 0.3) is 0 Å². The van der Waals surface area contributed by atoms with E-state index in [0.717, 1.165) is 18.8 Å². The summed E-state index contributed by atoms with van der Waals surface area (Å²) < 4.78 is 10.6. The van der Waals surface area contributed by atoms with E-state index in [0.29, 0.717) is 19.1 Å². The number of hydrogen-bond acceptors (Lipinski definition) is 5. The highest BCUT2D eigenvalue weighted by atomic mass is 16.5. The maximum atomic E-state index is 5.35. The van der Waals surface area contributed by atoms with E-state index in [9.17, 15) is 0 Å². The van der Waals surface area contributed by atoms with Gasteiger partial charge in [0.05, 0.1) is 31.6 Å². The first-order valence-electron chi connectivity index (χ1n) is 5.17. The third kappa shape index (κ3) is 2.64. The zero-order valence-electron chi connectivity index (χ0n) is 8.77. The Bertz CT molecular complexity index is 296. The maximum Gasteiger partial charge on any atom is 0.233 e. The monoisotopic (exact) mass is 209 g/mol. The van der Waals surface area contributed by atoms with Crippen LogP contribution in [0.1, 0.15) is 18.7 Å². The van der Waals surface area contributed by atoms with Crippen LogP contribution < -0.4 is 10.1 Å². The van der Waals surface area contributed by atoms with E-state index in [-0.39, 0.29) is 6.04 Å². The van der Waals surface area contributed by atoms with Gasteiger partial charge in [0.25, 0.3) is 0 Å². The van der Waals surface area contributed by atoms with Crippen LogP contribution >= 0.6 is 0 Å². The van der Waals surface area contributed by atoms with Crippen molar-refractivity contribution in [1.82, 2.24) is 15.5 Å². The number of rotatable bonds is 3. The highest BCUT2D eigenvalue weighted by Gasteiger charge is 2.16. The Hall–Kier alpha value is -1.20. The molecule has 1 atom stereocenters. The summed E-state index contributed by atoms with van der Waals surface area (Å²) in [5.41, 5.74) is 0.901. The molecule has 1 unspecified atom stereocenters. The minimum absolute atomic E-state index is 0.155. The number of nitrogens with one attached hydrogen (secondary N) is 1. The number of morpholine rings is 1. The number of nitrogens with zero attached hydrogens (tertiary/aromatic N) is 2. The maximum absolute atomic E-state index is 5.35. The normalized spacial score (nSPS) is 21.3. The largest absolute Gasteiger partial charge is 0.477 e. The Morgan fingerprint density at radius 1 is 1.53 bits per heavy atom. The molecule has 1 aromatic heterocycles. The molecule has 0 amide bonds. The van der Waals surface area contributed by atoms with Crippen molar-refractivity contribution in [3.05, 3.63) is 17.8 Å². The molecular weight excluding hydrogens is 194 g/mol. The van der Waals surface area contributed by atoms with Gasteiger partial charge in [0.1, 0.15) is 0 Å². The molecule has 1 N–H and O–H groups in total. The molecule has 5 heteroatoms. The van der Waals surface area contributed by atoms with E-state index in [1.165, 1.54) is 0 Å². The molecule has 0 radical (unpaired) electrons. The van der Waals surface area contributed by atoms with Gasteiger partial charge in [-0.15, -0.1) is 5.10 Å². The second-order valence-electron chi connectivity index (χ2n) is 3.31. The lowest BCUT2D eigenvalue weighted by Crippen LogP contribution is -2.35. The van der Waals surface area contributed by atoms with Gasteiger partial charge in [-0.05, 0) is 13.0 Å². The van der Waals surface area contributed by atoms with Crippen molar-refractivity contribution in [2.75, 3.05) is 26.4 Å². The Labute approximate surface area is 88.8 Å². The zero-order chi connectivity index (χ0) is 10.5. The molecule has 0 aromatic carbocycles. The van der Waals surface area contributed by atoms with Gasteiger partial charge >= 0.3 is 0 Å². The Kier molecular flexibility index (Phi) is 3.47. The molecule has 1 aliphatic heterocycles. The fourth-order valence-corrected chi connectivity index (χ4v) is 1.50. The van der Waals surface area contributed by atoms with Crippen molar-refractivity contribution in [3.8, 4) is 5.88 Å². The smallest absolute Gasteiger partial charge is 0.233 e. The fourth-order valence-electron chi connectivity index (χ4n) is 1.50. The molecule has 1 saturated heterocycles. The predicted molar refractivity (Wildman–Crippen MR) is 54.8 cm³/mol. The van der Waals surface area contributed by atoms with Crippen molar-refractivity contribution in [3.63, 3.8) is 0 Å². The lowest BCUT2D eigenvalue weighted by molar-refractivity contribution is 0.0752. The van der Waals surface area contributed by atoms with E-state index in [4.69, 9.17) is 9.47 Å². The number of ether oxygens (including phenoxy) is 2. The second-order valence-corrected chi connectivity index (χ2v) is 3.31. The average molecular weight is 209 g/mol. The summed E-state index contributed by atoms with van der Waals surface area (Å²) in [6.45, 7) is 4.81. The van der Waals surface area contributed by atoms with Crippen LogP contribution in [0.5, 0.6) is 5.88 Å². The van der Waals surface area contributed by atoms with Crippen molar-refractivity contribution < 1.29 is 9.47 Å². The van der Waals surface area contributed by atoms with Gasteiger partial charge in [0.2, 0.25) is 5.88 Å². The highest BCUT2D eigenvalue weighted by molar-refractivity contribution is 5.14. The Balaban J connectivity index is 2.02. The first kappa shape index (κ1) is 10.3. The highest BCUT2D eigenvalue weighted by Crippen LogP contribution is 2.14. The molecule has 15 heavy (non-hydrogen) atoms. The minimum Gasteiger partial charge on any atom is -0.477 e. The van der Waals surface area contributed by atoms with Crippen molar-refractivity contribution in [2.45, 2.75) is 13.0 Å². The van der Waals surface area contributed by atoms with Gasteiger partial charge < -0.3 is 14.8 Å². The molecule has 0 saturated carbocycles. The summed E-state index contributed by atoms with van der Waals surface area (Å²) >= 11 is 0. The molecule has 0 aliphatic carbocycles. The lowest BCUT2D eigenvalue weighted by Gasteiger charge is -2.22. The Morgan fingerprint density at radius 2 is 2.47 bits per heavy atom. The topological polar surface area (TPSA) is 56.3 Å². The molecule has 1 aliphatic rings. The molecule has 2 rings (SSSR count). The van der Waals surface area contributed by atoms with Crippen LogP contribution in [0.15, 0.2) is 12.1 Å². The third-order valence-electron chi connectivity index (χ3n) is 2.23. The van der Waals surface area contributed by atoms with Gasteiger partial charge in [-0.2, -0.15) is 5.10 Å². The summed E-state index contributed by atoms with van der Waals surface area (Å²) in [6, 6.07) is 3.91. The van der Waals surface area contributed by atoms with Gasteiger partial charge in [0.15, 0.2) is 0 Å². The first-order chi connectivity index (χ1) is 7.40. The van der Waals surface area contributed by atoms with E-state index in [1.807, 2.05) is 19.1 Å². The Morgan fingerprint density at radius 3 is 3.07 bits per heavy atom. The van der Waals surface area contributed by atoms with Gasteiger partial charge in [-0.3, -0.25) is 0 Å². The van der Waals surface area contributed by atoms with E-state index in [2.05, 4.69) is 15.5 Å². The summed E-state index contributed by atoms with van der Waals surface area (Å²) in [6.07, 6.45) is 0. The van der Waals surface area contributed by atoms with Gasteiger partial charge in [-0.1, -0.05) is 0 Å². The summed E-state index contributed by atoms with van der Waals surface area (Å²) in [7, 11) is 0. The summed E-state index contributed by atoms with van der Waals surface area (Å²) in [5, 5.41) is 11.4. The quantitative estimate of drug-likeness (QED) is 0.787. The third-order valence-corrected chi connectivity index (χ3v) is 2.23. The molecule has 1 aromatic rings. The molecular formula is C10H15N3O2. The zero-order valence-corrected chi connectivity index (χ0v) is 8.77. The molecule has 1 fully saturated rings. The van der Waals surface area contributed by atoms with Crippen LogP contribution in [-0.2, 0) is 4.74 Å². The fraction of sp³-hybridized carbons (Fsp3) is 0.600. The SMILES string of the molecule is CCOc1ccc(C2COCCN2)nn1. The van der Waals surface area contributed by atoms with Crippen LogP contribution in [0.4, 0.5) is 0 Å². The van der Waals surface area contributed by atoms with Crippen LogP contribution in [0.3, 0.4) is 0 Å². The molecule has 82 valence electrons. The number of hydrogen-bond donors (Lipinski definition) is 1. The molecule has 0 bridgehead atoms. The molecule has 2 heterocycles. The van der Waals surface area contributed by atoms with Crippen LogP contribution in [0.2, 0.25) is 0 Å². The summed E-state index contributed by atoms with van der Waals surface area (Å²) in [4.78, 5) is 0. The predicted octanol–water partition coefficient (Wildman–Crippen LogP) is 0.536. The number of aromatic nitrogens is 2. The van der Waals surface area contributed by atoms with Crippen molar-refractivity contribution in [2.24, 2.45) is 0 Å². The van der Waals surface area contributed by atoms with E-state index >= 15 is 0 Å². The molecule has 0 spiro atoms. The van der Waals surface area contributed by atoms with Crippen LogP contribution in [0, 0.1) is 0 Å². The van der Waals surface area contributed by atoms with Gasteiger partial charge in [0, 0.05) is 12.6 Å². The average Bonchev–Trinajstić information content (AvgIpc) is 2.32. The lowest BCUT2D eigenvalue weighted by atomic mass is 10.2. The first-order valence-corrected chi connectivity index (χ1v) is 5.17.